The minimum atomic E-state index is -5.24. The van der Waals surface area contributed by atoms with Crippen LogP contribution in [0.4, 0.5) is 45.3 Å². The van der Waals surface area contributed by atoms with Gasteiger partial charge in [0, 0.05) is 23.5 Å². The number of rotatable bonds is 5. The largest absolute Gasteiger partial charge is 0.573 e. The number of anilines is 1. The molecule has 2 aromatic carbocycles. The molecule has 0 spiro atoms. The lowest BCUT2D eigenvalue weighted by Gasteiger charge is -2.24. The molecular weight excluding hydrogens is 525 g/mol. The van der Waals surface area contributed by atoms with Crippen LogP contribution in [-0.2, 0) is 23.8 Å². The number of halogens is 9. The fourth-order valence-electron chi connectivity index (χ4n) is 3.78. The number of ether oxygens (including phenoxy) is 2. The molecule has 2 heterocycles. The molecule has 6 nitrogen and oxygen atoms in total. The Morgan fingerprint density at radius 3 is 2.30 bits per heavy atom. The van der Waals surface area contributed by atoms with Crippen molar-refractivity contribution in [3.05, 3.63) is 70.4 Å². The van der Waals surface area contributed by atoms with Gasteiger partial charge in [0.05, 0.1) is 17.3 Å². The smallest absolute Gasteiger partial charge is 0.488 e. The molecule has 15 heteroatoms. The van der Waals surface area contributed by atoms with Crippen LogP contribution in [0.25, 0.3) is 0 Å². The number of fused-ring (bicyclic) bond motifs is 1. The number of carbonyl (C=O) groups is 1. The Balaban J connectivity index is 1.67. The summed E-state index contributed by atoms with van der Waals surface area (Å²) >= 11 is 0. The highest BCUT2D eigenvalue weighted by Crippen LogP contribution is 2.42. The fourth-order valence-corrected chi connectivity index (χ4v) is 3.78. The summed E-state index contributed by atoms with van der Waals surface area (Å²) in [5.74, 6) is -2.72. The second-order valence-corrected chi connectivity index (χ2v) is 7.92. The first kappa shape index (κ1) is 26.2. The summed E-state index contributed by atoms with van der Waals surface area (Å²) in [5, 5.41) is 8.86. The van der Waals surface area contributed by atoms with Crippen molar-refractivity contribution in [2.75, 3.05) is 5.32 Å². The van der Waals surface area contributed by atoms with E-state index in [1.54, 1.807) is 0 Å². The van der Waals surface area contributed by atoms with Gasteiger partial charge in [0.2, 0.25) is 5.91 Å². The standard InChI is InChI=1S/C22H14F9N3O3/c23-20(24,25)12-3-4-16(15(6-12)21(26,27)28)36-9-11-2-1-10(5-17(11)37-22(29,30)31)13-7-18(35)33-19-14(13)8-32-34-19/h1-6,8,13H,7,9H2,(H2,32,33,34,35). The van der Waals surface area contributed by atoms with Gasteiger partial charge in [-0.25, -0.2) is 0 Å². The van der Waals surface area contributed by atoms with E-state index >= 15 is 0 Å². The van der Waals surface area contributed by atoms with Gasteiger partial charge in [-0.2, -0.15) is 31.4 Å². The van der Waals surface area contributed by atoms with E-state index in [4.69, 9.17) is 4.74 Å². The lowest BCUT2D eigenvalue weighted by molar-refractivity contribution is -0.275. The SMILES string of the molecule is O=C1CC(c2ccc(COc3ccc(C(F)(F)F)cc3C(F)(F)F)c(OC(F)(F)F)c2)c2cn[nH]c2N1. The highest BCUT2D eigenvalue weighted by molar-refractivity contribution is 5.94. The van der Waals surface area contributed by atoms with Crippen molar-refractivity contribution in [1.82, 2.24) is 10.2 Å². The molecule has 198 valence electrons. The van der Waals surface area contributed by atoms with Gasteiger partial charge in [-0.15, -0.1) is 13.2 Å². The first-order valence-corrected chi connectivity index (χ1v) is 10.2. The van der Waals surface area contributed by atoms with Crippen LogP contribution in [0.15, 0.2) is 42.6 Å². The number of nitrogens with one attached hydrogen (secondary N) is 2. The summed E-state index contributed by atoms with van der Waals surface area (Å²) in [6, 6.07) is 4.04. The van der Waals surface area contributed by atoms with Gasteiger partial charge < -0.3 is 14.8 Å². The first-order valence-electron chi connectivity index (χ1n) is 10.2. The number of hydrogen-bond acceptors (Lipinski definition) is 4. The molecule has 0 saturated heterocycles. The highest BCUT2D eigenvalue weighted by atomic mass is 19.4. The predicted octanol–water partition coefficient (Wildman–Crippen LogP) is 6.40. The number of nitrogens with zero attached hydrogens (tertiary/aromatic N) is 1. The maximum atomic E-state index is 13.4. The number of alkyl halides is 9. The average Bonchev–Trinajstić information content (AvgIpc) is 3.23. The monoisotopic (exact) mass is 539 g/mol. The van der Waals surface area contributed by atoms with Crippen LogP contribution in [0.5, 0.6) is 11.5 Å². The van der Waals surface area contributed by atoms with Crippen molar-refractivity contribution in [2.24, 2.45) is 0 Å². The van der Waals surface area contributed by atoms with Crippen molar-refractivity contribution in [3.8, 4) is 11.5 Å². The van der Waals surface area contributed by atoms with E-state index < -0.39 is 59.8 Å². The highest BCUT2D eigenvalue weighted by Gasteiger charge is 2.39. The molecule has 0 saturated carbocycles. The van der Waals surface area contributed by atoms with Crippen molar-refractivity contribution in [2.45, 2.75) is 37.7 Å². The molecule has 0 aliphatic carbocycles. The summed E-state index contributed by atoms with van der Waals surface area (Å²) in [5.41, 5.74) is -2.97. The molecule has 1 atom stereocenters. The third kappa shape index (κ3) is 5.91. The van der Waals surface area contributed by atoms with Crippen LogP contribution in [0.2, 0.25) is 0 Å². The second-order valence-electron chi connectivity index (χ2n) is 7.92. The van der Waals surface area contributed by atoms with Crippen molar-refractivity contribution in [1.29, 1.82) is 0 Å². The van der Waals surface area contributed by atoms with E-state index in [0.717, 1.165) is 12.1 Å². The van der Waals surface area contributed by atoms with Crippen LogP contribution in [-0.4, -0.2) is 22.5 Å². The average molecular weight is 539 g/mol. The number of benzene rings is 2. The quantitative estimate of drug-likeness (QED) is 0.368. The molecule has 37 heavy (non-hydrogen) atoms. The number of hydrogen-bond donors (Lipinski definition) is 2. The summed E-state index contributed by atoms with van der Waals surface area (Å²) < 4.78 is 127. The molecule has 1 aromatic heterocycles. The van der Waals surface area contributed by atoms with E-state index in [-0.39, 0.29) is 29.4 Å². The zero-order valence-corrected chi connectivity index (χ0v) is 18.1. The number of aromatic nitrogens is 2. The maximum Gasteiger partial charge on any atom is 0.573 e. The van der Waals surface area contributed by atoms with Gasteiger partial charge in [0.1, 0.15) is 23.9 Å². The minimum Gasteiger partial charge on any atom is -0.488 e. The molecule has 0 radical (unpaired) electrons. The zero-order chi connectivity index (χ0) is 27.2. The normalized spacial score (nSPS) is 16.2. The molecule has 1 unspecified atom stereocenters. The molecular formula is C22H14F9N3O3. The topological polar surface area (TPSA) is 76.2 Å². The first-order chi connectivity index (χ1) is 17.1. The van der Waals surface area contributed by atoms with Crippen molar-refractivity contribution < 1.29 is 53.8 Å². The third-order valence-electron chi connectivity index (χ3n) is 5.41. The Kier molecular flexibility index (Phi) is 6.50. The number of carbonyl (C=O) groups excluding carboxylic acids is 1. The van der Waals surface area contributed by atoms with Gasteiger partial charge >= 0.3 is 18.7 Å². The molecule has 0 fully saturated rings. The Hall–Kier alpha value is -3.91. The number of aromatic amines is 1. The van der Waals surface area contributed by atoms with Gasteiger partial charge in [0.25, 0.3) is 0 Å². The van der Waals surface area contributed by atoms with Crippen molar-refractivity contribution >= 4 is 11.7 Å². The Morgan fingerprint density at radius 1 is 0.919 bits per heavy atom. The summed E-state index contributed by atoms with van der Waals surface area (Å²) in [4.78, 5) is 12.0. The van der Waals surface area contributed by atoms with E-state index in [2.05, 4.69) is 20.3 Å². The minimum absolute atomic E-state index is 0.131. The van der Waals surface area contributed by atoms with E-state index in [0.29, 0.717) is 17.7 Å². The predicted molar refractivity (Wildman–Crippen MR) is 108 cm³/mol. The van der Waals surface area contributed by atoms with E-state index in [1.807, 2.05) is 0 Å². The molecule has 3 aromatic rings. The van der Waals surface area contributed by atoms with Gasteiger partial charge in [-0.1, -0.05) is 12.1 Å². The Bertz CT molecular complexity index is 1310. The third-order valence-corrected chi connectivity index (χ3v) is 5.41. The number of H-pyrrole nitrogens is 1. The zero-order valence-electron chi connectivity index (χ0n) is 18.1. The Morgan fingerprint density at radius 2 is 1.65 bits per heavy atom. The molecule has 0 bridgehead atoms. The van der Waals surface area contributed by atoms with Crippen molar-refractivity contribution in [3.63, 3.8) is 0 Å². The molecule has 1 aliphatic heterocycles. The maximum absolute atomic E-state index is 13.4. The van der Waals surface area contributed by atoms with Gasteiger partial charge in [-0.05, 0) is 29.8 Å². The lowest BCUT2D eigenvalue weighted by Crippen LogP contribution is -2.23. The lowest BCUT2D eigenvalue weighted by atomic mass is 9.87. The molecule has 2 N–H and O–H groups in total. The summed E-state index contributed by atoms with van der Waals surface area (Å²) in [6.45, 7) is -0.901. The van der Waals surface area contributed by atoms with Crippen LogP contribution < -0.4 is 14.8 Å². The summed E-state index contributed by atoms with van der Waals surface area (Å²) in [6.07, 6.45) is -14.2. The number of amides is 1. The van der Waals surface area contributed by atoms with Crippen LogP contribution in [0.1, 0.15) is 40.2 Å². The molecule has 1 aliphatic rings. The van der Waals surface area contributed by atoms with E-state index in [1.165, 1.54) is 12.3 Å². The van der Waals surface area contributed by atoms with Gasteiger partial charge in [-0.3, -0.25) is 9.89 Å². The molecule has 1 amide bonds. The van der Waals surface area contributed by atoms with E-state index in [9.17, 15) is 44.3 Å². The summed E-state index contributed by atoms with van der Waals surface area (Å²) in [7, 11) is 0. The Labute approximate surface area is 201 Å². The van der Waals surface area contributed by atoms with Crippen LogP contribution >= 0.6 is 0 Å². The van der Waals surface area contributed by atoms with Crippen LogP contribution in [0, 0.1) is 0 Å². The fraction of sp³-hybridized carbons (Fsp3) is 0.273. The van der Waals surface area contributed by atoms with Gasteiger partial charge in [0.15, 0.2) is 0 Å². The molecule has 4 rings (SSSR count). The van der Waals surface area contributed by atoms with Crippen LogP contribution in [0.3, 0.4) is 0 Å². The second kappa shape index (κ2) is 9.19.